The van der Waals surface area contributed by atoms with Crippen LogP contribution in [0.4, 0.5) is 0 Å². The zero-order valence-corrected chi connectivity index (χ0v) is 8.22. The zero-order chi connectivity index (χ0) is 8.69. The minimum absolute atomic E-state index is 0.660. The highest BCUT2D eigenvalue weighted by atomic mass is 14.0. The van der Waals surface area contributed by atoms with Gasteiger partial charge < -0.3 is 0 Å². The van der Waals surface area contributed by atoms with E-state index in [0.29, 0.717) is 5.92 Å². The van der Waals surface area contributed by atoms with E-state index in [1.165, 1.54) is 18.4 Å². The van der Waals surface area contributed by atoms with E-state index in [9.17, 15) is 0 Å². The molecule has 1 aliphatic rings. The molecule has 0 aromatic heterocycles. The van der Waals surface area contributed by atoms with Gasteiger partial charge in [-0.2, -0.15) is 0 Å². The second kappa shape index (κ2) is 6.21. The second-order valence-electron chi connectivity index (χ2n) is 2.84. The van der Waals surface area contributed by atoms with Gasteiger partial charge in [0.15, 0.2) is 0 Å². The van der Waals surface area contributed by atoms with Crippen molar-refractivity contribution in [1.82, 2.24) is 0 Å². The Morgan fingerprint density at radius 3 is 2.64 bits per heavy atom. The highest BCUT2D eigenvalue weighted by molar-refractivity contribution is 5.10. The minimum Gasteiger partial charge on any atom is -0.0876 e. The summed E-state index contributed by atoms with van der Waals surface area (Å²) in [5.41, 5.74) is 1.53. The summed E-state index contributed by atoms with van der Waals surface area (Å²) in [7, 11) is 0. The molecule has 0 aliphatic heterocycles. The molecule has 0 saturated heterocycles. The summed E-state index contributed by atoms with van der Waals surface area (Å²) in [5, 5.41) is 0. The third kappa shape index (κ3) is 4.83. The molecular weight excluding hydrogens is 132 g/mol. The van der Waals surface area contributed by atoms with E-state index in [2.05, 4.69) is 32.1 Å². The van der Waals surface area contributed by atoms with E-state index < -0.39 is 0 Å². The van der Waals surface area contributed by atoms with Gasteiger partial charge in [0.25, 0.3) is 0 Å². The third-order valence-corrected chi connectivity index (χ3v) is 1.69. The first-order valence-corrected chi connectivity index (χ1v) is 4.63. The molecule has 0 amide bonds. The maximum Gasteiger partial charge on any atom is -0.00793 e. The van der Waals surface area contributed by atoms with E-state index in [-0.39, 0.29) is 0 Å². The van der Waals surface area contributed by atoms with Crippen LogP contribution in [0, 0.1) is 5.92 Å². The Labute approximate surface area is 71.0 Å². The van der Waals surface area contributed by atoms with Crippen LogP contribution in [0.15, 0.2) is 23.8 Å². The van der Waals surface area contributed by atoms with E-state index in [1.807, 2.05) is 13.8 Å². The molecule has 0 fully saturated rings. The first-order valence-electron chi connectivity index (χ1n) is 4.63. The van der Waals surface area contributed by atoms with Gasteiger partial charge in [0.05, 0.1) is 0 Å². The van der Waals surface area contributed by atoms with Crippen molar-refractivity contribution in [2.45, 2.75) is 40.5 Å². The Bertz CT molecular complexity index is 140. The highest BCUT2D eigenvalue weighted by Crippen LogP contribution is 2.14. The molecule has 0 nitrogen and oxygen atoms in total. The van der Waals surface area contributed by atoms with E-state index in [1.54, 1.807) is 0 Å². The van der Waals surface area contributed by atoms with Gasteiger partial charge in [-0.05, 0) is 25.7 Å². The maximum absolute atomic E-state index is 2.34. The molecule has 0 aromatic rings. The molecule has 0 aromatic carbocycles. The van der Waals surface area contributed by atoms with Gasteiger partial charge in [0.1, 0.15) is 0 Å². The fourth-order valence-corrected chi connectivity index (χ4v) is 1.21. The van der Waals surface area contributed by atoms with Crippen LogP contribution >= 0.6 is 0 Å². The zero-order valence-electron chi connectivity index (χ0n) is 8.22. The van der Waals surface area contributed by atoms with Crippen LogP contribution < -0.4 is 0 Å². The van der Waals surface area contributed by atoms with Gasteiger partial charge in [0, 0.05) is 0 Å². The van der Waals surface area contributed by atoms with E-state index in [0.717, 1.165) is 0 Å². The molecule has 64 valence electrons. The Hall–Kier alpha value is -0.520. The van der Waals surface area contributed by atoms with Crippen LogP contribution in [0.3, 0.4) is 0 Å². The van der Waals surface area contributed by atoms with Crippen molar-refractivity contribution < 1.29 is 0 Å². The number of hydrogen-bond acceptors (Lipinski definition) is 0. The van der Waals surface area contributed by atoms with Crippen molar-refractivity contribution in [2.75, 3.05) is 0 Å². The lowest BCUT2D eigenvalue weighted by molar-refractivity contribution is 0.924. The highest BCUT2D eigenvalue weighted by Gasteiger charge is 1.97. The first kappa shape index (κ1) is 10.5. The average Bonchev–Trinajstić information content (AvgIpc) is 2.18. The van der Waals surface area contributed by atoms with Gasteiger partial charge in [-0.25, -0.2) is 0 Å². The lowest BCUT2D eigenvalue weighted by atomic mass is 10.1. The normalized spacial score (nSPS) is 22.9. The largest absolute Gasteiger partial charge is 0.0876 e. The van der Waals surface area contributed by atoms with Crippen molar-refractivity contribution in [1.29, 1.82) is 0 Å². The summed E-state index contributed by atoms with van der Waals surface area (Å²) in [5.74, 6) is 0.660. The fourth-order valence-electron chi connectivity index (χ4n) is 1.21. The molecule has 0 radical (unpaired) electrons. The Morgan fingerprint density at radius 2 is 2.00 bits per heavy atom. The molecule has 0 saturated carbocycles. The molecular formula is C11H20. The summed E-state index contributed by atoms with van der Waals surface area (Å²) in [6.07, 6.45) is 9.37. The monoisotopic (exact) mass is 152 g/mol. The van der Waals surface area contributed by atoms with Crippen molar-refractivity contribution >= 4 is 0 Å². The summed E-state index contributed by atoms with van der Waals surface area (Å²) >= 11 is 0. The van der Waals surface area contributed by atoms with Crippen LogP contribution in [0.2, 0.25) is 0 Å². The molecule has 1 atom stereocenters. The smallest absolute Gasteiger partial charge is 0.00793 e. The Kier molecular flexibility index (Phi) is 5.91. The molecule has 1 aliphatic carbocycles. The third-order valence-electron chi connectivity index (χ3n) is 1.69. The predicted octanol–water partition coefficient (Wildman–Crippen LogP) is 3.95. The molecule has 0 N–H and O–H groups in total. The summed E-state index contributed by atoms with van der Waals surface area (Å²) in [6, 6.07) is 0. The van der Waals surface area contributed by atoms with E-state index in [4.69, 9.17) is 0 Å². The number of hydrogen-bond donors (Lipinski definition) is 0. The molecule has 0 heteroatoms. The molecule has 11 heavy (non-hydrogen) atoms. The number of rotatable bonds is 0. The second-order valence-corrected chi connectivity index (χ2v) is 2.84. The Balaban J connectivity index is 0.000000461. The van der Waals surface area contributed by atoms with Crippen LogP contribution in [-0.4, -0.2) is 0 Å². The van der Waals surface area contributed by atoms with Gasteiger partial charge in [0.2, 0.25) is 0 Å². The molecule has 1 unspecified atom stereocenters. The lowest BCUT2D eigenvalue weighted by Gasteiger charge is -1.96. The van der Waals surface area contributed by atoms with Gasteiger partial charge in [-0.1, -0.05) is 44.6 Å². The van der Waals surface area contributed by atoms with Crippen molar-refractivity contribution in [3.8, 4) is 0 Å². The van der Waals surface area contributed by atoms with Crippen molar-refractivity contribution in [3.63, 3.8) is 0 Å². The standard InChI is InChI=1S/C9H14.C2H6/c1-8-5-3-4-6-9(2)7-8;1-2/h3,5,7-8H,4,6H2,1-2H3;1-2H3. The molecule has 0 bridgehead atoms. The quantitative estimate of drug-likeness (QED) is 0.461. The maximum atomic E-state index is 2.34. The van der Waals surface area contributed by atoms with E-state index >= 15 is 0 Å². The molecule has 0 heterocycles. The van der Waals surface area contributed by atoms with Gasteiger partial charge in [-0.15, -0.1) is 0 Å². The lowest BCUT2D eigenvalue weighted by Crippen LogP contribution is -1.81. The molecule has 0 spiro atoms. The number of allylic oxidation sites excluding steroid dienone is 4. The SMILES string of the molecule is CC.CC1=CC(C)C=CCC1. The first-order chi connectivity index (χ1) is 5.29. The minimum atomic E-state index is 0.660. The van der Waals surface area contributed by atoms with Crippen LogP contribution in [0.5, 0.6) is 0 Å². The van der Waals surface area contributed by atoms with Gasteiger partial charge in [-0.3, -0.25) is 0 Å². The van der Waals surface area contributed by atoms with Crippen LogP contribution in [-0.2, 0) is 0 Å². The molecule has 1 rings (SSSR count). The fraction of sp³-hybridized carbons (Fsp3) is 0.636. The average molecular weight is 152 g/mol. The van der Waals surface area contributed by atoms with Crippen molar-refractivity contribution in [3.05, 3.63) is 23.8 Å². The predicted molar refractivity (Wildman–Crippen MR) is 52.6 cm³/mol. The van der Waals surface area contributed by atoms with Crippen LogP contribution in [0.25, 0.3) is 0 Å². The summed E-state index contributed by atoms with van der Waals surface area (Å²) in [4.78, 5) is 0. The Morgan fingerprint density at radius 1 is 1.36 bits per heavy atom. The topological polar surface area (TPSA) is 0 Å². The summed E-state index contributed by atoms with van der Waals surface area (Å²) < 4.78 is 0. The summed E-state index contributed by atoms with van der Waals surface area (Å²) in [6.45, 7) is 8.44. The van der Waals surface area contributed by atoms with Crippen LogP contribution in [0.1, 0.15) is 40.5 Å². The van der Waals surface area contributed by atoms with Crippen molar-refractivity contribution in [2.24, 2.45) is 5.92 Å². The van der Waals surface area contributed by atoms with Gasteiger partial charge >= 0.3 is 0 Å².